The Labute approximate surface area is 145 Å². The molecule has 1 saturated heterocycles. The van der Waals surface area contributed by atoms with E-state index in [2.05, 4.69) is 13.8 Å². The monoisotopic (exact) mass is 334 g/mol. The van der Waals surface area contributed by atoms with Gasteiger partial charge < -0.3 is 19.6 Å². The maximum atomic E-state index is 12.6. The van der Waals surface area contributed by atoms with Crippen LogP contribution in [-0.4, -0.2) is 59.3 Å². The van der Waals surface area contributed by atoms with Gasteiger partial charge in [0.05, 0.1) is 25.9 Å². The molecule has 134 valence electrons. The lowest BCUT2D eigenvalue weighted by molar-refractivity contribution is 0.0128. The van der Waals surface area contributed by atoms with Gasteiger partial charge in [-0.3, -0.25) is 0 Å². The van der Waals surface area contributed by atoms with Crippen LogP contribution in [-0.2, 0) is 11.3 Å². The van der Waals surface area contributed by atoms with Crippen molar-refractivity contribution in [2.45, 2.75) is 57.9 Å². The van der Waals surface area contributed by atoms with Crippen LogP contribution < -0.4 is 0 Å². The Morgan fingerprint density at radius 3 is 2.54 bits per heavy atom. The first-order valence-corrected chi connectivity index (χ1v) is 8.82. The van der Waals surface area contributed by atoms with Crippen molar-refractivity contribution < 1.29 is 14.6 Å². The van der Waals surface area contributed by atoms with E-state index in [4.69, 9.17) is 4.74 Å². The van der Waals surface area contributed by atoms with E-state index in [9.17, 15) is 9.90 Å². The molecule has 0 aliphatic carbocycles. The number of likely N-dealkylation sites (tertiary alicyclic amines) is 1. The summed E-state index contributed by atoms with van der Waals surface area (Å²) < 4.78 is 5.55. The van der Waals surface area contributed by atoms with Crippen molar-refractivity contribution in [2.75, 3.05) is 20.2 Å². The van der Waals surface area contributed by atoms with Gasteiger partial charge in [0.1, 0.15) is 0 Å². The molecule has 5 nitrogen and oxygen atoms in total. The zero-order chi connectivity index (χ0) is 17.5. The number of benzene rings is 1. The molecule has 3 atom stereocenters. The number of aliphatic hydroxyl groups excluding tert-OH is 1. The molecular weight excluding hydrogens is 304 g/mol. The Hall–Kier alpha value is -1.59. The van der Waals surface area contributed by atoms with Crippen LogP contribution in [0.2, 0.25) is 0 Å². The van der Waals surface area contributed by atoms with Gasteiger partial charge >= 0.3 is 6.03 Å². The molecule has 1 aromatic carbocycles. The van der Waals surface area contributed by atoms with Crippen molar-refractivity contribution >= 4 is 6.03 Å². The summed E-state index contributed by atoms with van der Waals surface area (Å²) in [6, 6.07) is 10.4. The summed E-state index contributed by atoms with van der Waals surface area (Å²) >= 11 is 0. The number of hydrogen-bond donors (Lipinski definition) is 1. The Bertz CT molecular complexity index is 499. The number of hydrogen-bond acceptors (Lipinski definition) is 3. The Morgan fingerprint density at radius 1 is 1.29 bits per heavy atom. The second-order valence-corrected chi connectivity index (χ2v) is 6.85. The minimum absolute atomic E-state index is 0.00295. The fourth-order valence-corrected chi connectivity index (χ4v) is 3.33. The molecule has 1 aromatic rings. The Kier molecular flexibility index (Phi) is 7.06. The van der Waals surface area contributed by atoms with Crippen molar-refractivity contribution in [2.24, 2.45) is 0 Å². The number of likely N-dealkylation sites (N-methyl/N-ethyl adjacent to an activating group) is 1. The van der Waals surface area contributed by atoms with Gasteiger partial charge in [0.25, 0.3) is 0 Å². The van der Waals surface area contributed by atoms with E-state index in [1.807, 2.05) is 35.2 Å². The molecule has 2 amide bonds. The molecule has 1 N–H and O–H groups in total. The van der Waals surface area contributed by atoms with Crippen molar-refractivity contribution in [3.05, 3.63) is 35.9 Å². The Morgan fingerprint density at radius 2 is 1.92 bits per heavy atom. The second kappa shape index (κ2) is 9.04. The van der Waals surface area contributed by atoms with Gasteiger partial charge in [0.15, 0.2) is 0 Å². The number of nitrogens with zero attached hydrogens (tertiary/aromatic N) is 2. The molecule has 5 heteroatoms. The molecule has 0 aromatic heterocycles. The third-order valence-corrected chi connectivity index (χ3v) is 4.65. The minimum atomic E-state index is -0.682. The molecule has 1 aliphatic heterocycles. The number of aliphatic hydroxyl groups is 1. The molecule has 1 heterocycles. The first-order chi connectivity index (χ1) is 11.5. The fourth-order valence-electron chi connectivity index (χ4n) is 3.33. The van der Waals surface area contributed by atoms with E-state index in [0.29, 0.717) is 6.61 Å². The minimum Gasteiger partial charge on any atom is -0.389 e. The highest BCUT2D eigenvalue weighted by Gasteiger charge is 2.31. The lowest BCUT2D eigenvalue weighted by Crippen LogP contribution is -2.53. The molecule has 0 bridgehead atoms. The van der Waals surface area contributed by atoms with Gasteiger partial charge in [-0.05, 0) is 38.7 Å². The molecule has 0 spiro atoms. The summed E-state index contributed by atoms with van der Waals surface area (Å²) in [6.07, 6.45) is 2.59. The standard InChI is InChI=1S/C19H30N2O3/c1-15-8-7-9-16(2)21(15)19(23)20(3)12-18(22)14-24-13-17-10-5-4-6-11-17/h4-6,10-11,15-16,18,22H,7-9,12-14H2,1-3H3. The average molecular weight is 334 g/mol. The third-order valence-electron chi connectivity index (χ3n) is 4.65. The quantitative estimate of drug-likeness (QED) is 0.870. The smallest absolute Gasteiger partial charge is 0.320 e. The van der Waals surface area contributed by atoms with Crippen LogP contribution in [0.1, 0.15) is 38.7 Å². The average Bonchev–Trinajstić information content (AvgIpc) is 2.55. The van der Waals surface area contributed by atoms with Crippen molar-refractivity contribution in [3.8, 4) is 0 Å². The van der Waals surface area contributed by atoms with Crippen LogP contribution in [0.3, 0.4) is 0 Å². The number of piperidine rings is 1. The van der Waals surface area contributed by atoms with Crippen LogP contribution in [0.15, 0.2) is 30.3 Å². The maximum Gasteiger partial charge on any atom is 0.320 e. The van der Waals surface area contributed by atoms with E-state index in [-0.39, 0.29) is 31.3 Å². The zero-order valence-corrected chi connectivity index (χ0v) is 15.0. The molecule has 1 aliphatic rings. The summed E-state index contributed by atoms with van der Waals surface area (Å²) in [5.41, 5.74) is 1.07. The van der Waals surface area contributed by atoms with Crippen LogP contribution in [0, 0.1) is 0 Å². The molecule has 3 unspecified atom stereocenters. The molecule has 0 saturated carbocycles. The van der Waals surface area contributed by atoms with E-state index in [1.54, 1.807) is 11.9 Å². The van der Waals surface area contributed by atoms with Gasteiger partial charge in [-0.25, -0.2) is 4.79 Å². The number of carbonyl (C=O) groups excluding carboxylic acids is 1. The van der Waals surface area contributed by atoms with Crippen LogP contribution in [0.5, 0.6) is 0 Å². The third kappa shape index (κ3) is 5.21. The number of carbonyl (C=O) groups is 1. The van der Waals surface area contributed by atoms with E-state index in [0.717, 1.165) is 18.4 Å². The van der Waals surface area contributed by atoms with Crippen molar-refractivity contribution in [3.63, 3.8) is 0 Å². The van der Waals surface area contributed by atoms with E-state index >= 15 is 0 Å². The van der Waals surface area contributed by atoms with Crippen LogP contribution in [0.4, 0.5) is 4.79 Å². The fraction of sp³-hybridized carbons (Fsp3) is 0.632. The van der Waals surface area contributed by atoms with Gasteiger partial charge in [-0.1, -0.05) is 30.3 Å². The van der Waals surface area contributed by atoms with Crippen molar-refractivity contribution in [1.82, 2.24) is 9.80 Å². The normalized spacial score (nSPS) is 22.2. The van der Waals surface area contributed by atoms with Gasteiger partial charge in [0, 0.05) is 19.1 Å². The lowest BCUT2D eigenvalue weighted by atomic mass is 9.98. The highest BCUT2D eigenvalue weighted by molar-refractivity contribution is 5.75. The first kappa shape index (κ1) is 18.7. The number of ether oxygens (including phenoxy) is 1. The first-order valence-electron chi connectivity index (χ1n) is 8.82. The number of urea groups is 1. The topological polar surface area (TPSA) is 53.0 Å². The van der Waals surface area contributed by atoms with Crippen molar-refractivity contribution in [1.29, 1.82) is 0 Å². The van der Waals surface area contributed by atoms with E-state index < -0.39 is 6.10 Å². The van der Waals surface area contributed by atoms with Gasteiger partial charge in [-0.15, -0.1) is 0 Å². The van der Waals surface area contributed by atoms with E-state index in [1.165, 1.54) is 6.42 Å². The molecule has 24 heavy (non-hydrogen) atoms. The molecular formula is C19H30N2O3. The molecule has 2 rings (SSSR count). The largest absolute Gasteiger partial charge is 0.389 e. The number of rotatable bonds is 6. The predicted octanol–water partition coefficient (Wildman–Crippen LogP) is 2.88. The second-order valence-electron chi connectivity index (χ2n) is 6.85. The molecule has 0 radical (unpaired) electrons. The van der Waals surface area contributed by atoms with Gasteiger partial charge in [-0.2, -0.15) is 0 Å². The zero-order valence-electron chi connectivity index (χ0n) is 15.0. The summed E-state index contributed by atoms with van der Waals surface area (Å²) in [6.45, 7) is 5.17. The summed E-state index contributed by atoms with van der Waals surface area (Å²) in [7, 11) is 1.75. The predicted molar refractivity (Wildman–Crippen MR) is 94.7 cm³/mol. The lowest BCUT2D eigenvalue weighted by Gasteiger charge is -2.41. The summed E-state index contributed by atoms with van der Waals surface area (Å²) in [5.74, 6) is 0. The molecule has 1 fully saturated rings. The number of amides is 2. The summed E-state index contributed by atoms with van der Waals surface area (Å²) in [5, 5.41) is 10.1. The SMILES string of the molecule is CC1CCCC(C)N1C(=O)N(C)CC(O)COCc1ccccc1. The van der Waals surface area contributed by atoms with Gasteiger partial charge in [0.2, 0.25) is 0 Å². The highest BCUT2D eigenvalue weighted by Crippen LogP contribution is 2.23. The Balaban J connectivity index is 1.76. The van der Waals surface area contributed by atoms with Crippen LogP contribution >= 0.6 is 0 Å². The van der Waals surface area contributed by atoms with Crippen LogP contribution in [0.25, 0.3) is 0 Å². The highest BCUT2D eigenvalue weighted by atomic mass is 16.5. The maximum absolute atomic E-state index is 12.6. The summed E-state index contributed by atoms with van der Waals surface area (Å²) in [4.78, 5) is 16.2.